The Hall–Kier alpha value is -0.570. The van der Waals surface area contributed by atoms with E-state index >= 15 is 0 Å². The average Bonchev–Trinajstić information content (AvgIpc) is 2.40. The molecule has 80 valence electrons. The molecule has 0 aromatic rings. The highest BCUT2D eigenvalue weighted by Crippen LogP contribution is 2.31. The lowest BCUT2D eigenvalue weighted by atomic mass is 9.88. The Morgan fingerprint density at radius 2 is 1.93 bits per heavy atom. The lowest BCUT2D eigenvalue weighted by Gasteiger charge is -2.41. The van der Waals surface area contributed by atoms with Crippen molar-refractivity contribution in [2.45, 2.75) is 39.2 Å². The van der Waals surface area contributed by atoms with Crippen LogP contribution in [0.5, 0.6) is 0 Å². The number of hydrogen-bond acceptors (Lipinski definition) is 2. The summed E-state index contributed by atoms with van der Waals surface area (Å²) in [5.41, 5.74) is 0.0657. The van der Waals surface area contributed by atoms with Crippen LogP contribution in [0.1, 0.15) is 33.6 Å². The topological polar surface area (TPSA) is 32.3 Å². The fourth-order valence-corrected chi connectivity index (χ4v) is 2.32. The lowest BCUT2D eigenvalue weighted by Crippen LogP contribution is -2.64. The van der Waals surface area contributed by atoms with Gasteiger partial charge >= 0.3 is 0 Å². The van der Waals surface area contributed by atoms with Gasteiger partial charge in [-0.3, -0.25) is 4.79 Å². The third kappa shape index (κ3) is 1.54. The number of nitrogens with one attached hydrogen (secondary N) is 1. The molecule has 1 N–H and O–H groups in total. The summed E-state index contributed by atoms with van der Waals surface area (Å²) in [6.45, 7) is 9.32. The highest BCUT2D eigenvalue weighted by molar-refractivity contribution is 5.87. The van der Waals surface area contributed by atoms with Gasteiger partial charge in [-0.25, -0.2) is 0 Å². The highest BCUT2D eigenvalue weighted by atomic mass is 16.2. The van der Waals surface area contributed by atoms with Crippen molar-refractivity contribution in [1.82, 2.24) is 10.2 Å². The first-order valence-electron chi connectivity index (χ1n) is 5.47. The molecule has 14 heavy (non-hydrogen) atoms. The summed E-state index contributed by atoms with van der Waals surface area (Å²) in [4.78, 5) is 14.1. The zero-order chi connectivity index (χ0) is 10.4. The van der Waals surface area contributed by atoms with Gasteiger partial charge in [-0.05, 0) is 31.7 Å². The molecule has 0 spiro atoms. The molecule has 2 saturated heterocycles. The molecule has 1 unspecified atom stereocenters. The van der Waals surface area contributed by atoms with Gasteiger partial charge in [0.15, 0.2) is 0 Å². The molecule has 0 aliphatic carbocycles. The van der Waals surface area contributed by atoms with Crippen molar-refractivity contribution in [1.29, 1.82) is 0 Å². The summed E-state index contributed by atoms with van der Waals surface area (Å²) >= 11 is 0. The molecule has 2 fully saturated rings. The highest BCUT2D eigenvalue weighted by Gasteiger charge is 2.44. The number of carbonyl (C=O) groups excluding carboxylic acids is 1. The number of likely N-dealkylation sites (tertiary alicyclic amines) is 1. The first-order valence-corrected chi connectivity index (χ1v) is 5.47. The Balaban J connectivity index is 2.00. The quantitative estimate of drug-likeness (QED) is 0.678. The zero-order valence-corrected chi connectivity index (χ0v) is 9.39. The molecule has 1 amide bonds. The molecular formula is C11H20N2O. The Morgan fingerprint density at radius 3 is 2.29 bits per heavy atom. The van der Waals surface area contributed by atoms with Crippen molar-refractivity contribution in [3.05, 3.63) is 0 Å². The molecule has 3 nitrogen and oxygen atoms in total. The van der Waals surface area contributed by atoms with Crippen molar-refractivity contribution >= 4 is 5.91 Å². The van der Waals surface area contributed by atoms with E-state index in [9.17, 15) is 4.79 Å². The summed E-state index contributed by atoms with van der Waals surface area (Å²) in [7, 11) is 0. The SMILES string of the molecule is CC1(C)CCN(C(=O)C2(C)CCN2)C1. The largest absolute Gasteiger partial charge is 0.341 e. The molecule has 2 heterocycles. The number of hydrogen-bond donors (Lipinski definition) is 1. The van der Waals surface area contributed by atoms with E-state index in [2.05, 4.69) is 19.2 Å². The Labute approximate surface area is 85.8 Å². The van der Waals surface area contributed by atoms with E-state index in [4.69, 9.17) is 0 Å². The van der Waals surface area contributed by atoms with Gasteiger partial charge in [-0.2, -0.15) is 0 Å². The number of amides is 1. The molecule has 2 aliphatic heterocycles. The average molecular weight is 196 g/mol. The summed E-state index contributed by atoms with van der Waals surface area (Å²) in [6, 6.07) is 0. The van der Waals surface area contributed by atoms with E-state index in [0.717, 1.165) is 32.5 Å². The van der Waals surface area contributed by atoms with Crippen LogP contribution < -0.4 is 5.32 Å². The Kier molecular flexibility index (Phi) is 2.11. The van der Waals surface area contributed by atoms with Crippen LogP contribution in [0.4, 0.5) is 0 Å². The van der Waals surface area contributed by atoms with E-state index < -0.39 is 0 Å². The third-order valence-electron chi connectivity index (χ3n) is 3.58. The second kappa shape index (κ2) is 2.96. The molecular weight excluding hydrogens is 176 g/mol. The smallest absolute Gasteiger partial charge is 0.242 e. The molecule has 0 bridgehead atoms. The van der Waals surface area contributed by atoms with Crippen LogP contribution in [0.3, 0.4) is 0 Å². The summed E-state index contributed by atoms with van der Waals surface area (Å²) in [6.07, 6.45) is 2.12. The molecule has 1 atom stereocenters. The molecule has 2 rings (SSSR count). The fraction of sp³-hybridized carbons (Fsp3) is 0.909. The van der Waals surface area contributed by atoms with Gasteiger partial charge in [0.05, 0.1) is 5.54 Å². The van der Waals surface area contributed by atoms with E-state index in [0.29, 0.717) is 11.3 Å². The maximum atomic E-state index is 12.1. The van der Waals surface area contributed by atoms with Gasteiger partial charge in [-0.1, -0.05) is 13.8 Å². The second-order valence-electron chi connectivity index (χ2n) is 5.65. The minimum absolute atomic E-state index is 0.250. The van der Waals surface area contributed by atoms with Crippen molar-refractivity contribution in [2.75, 3.05) is 19.6 Å². The van der Waals surface area contributed by atoms with Gasteiger partial charge in [-0.15, -0.1) is 0 Å². The van der Waals surface area contributed by atoms with E-state index in [1.807, 2.05) is 11.8 Å². The second-order valence-corrected chi connectivity index (χ2v) is 5.65. The number of rotatable bonds is 1. The third-order valence-corrected chi connectivity index (χ3v) is 3.58. The van der Waals surface area contributed by atoms with E-state index in [1.54, 1.807) is 0 Å². The molecule has 0 aromatic heterocycles. The maximum absolute atomic E-state index is 12.1. The Bertz CT molecular complexity index is 256. The van der Waals surface area contributed by atoms with Gasteiger partial charge in [0, 0.05) is 13.1 Å². The number of nitrogens with zero attached hydrogens (tertiary/aromatic N) is 1. The van der Waals surface area contributed by atoms with Gasteiger partial charge in [0.2, 0.25) is 5.91 Å². The Morgan fingerprint density at radius 1 is 1.29 bits per heavy atom. The van der Waals surface area contributed by atoms with Crippen molar-refractivity contribution in [3.8, 4) is 0 Å². The minimum atomic E-state index is -0.250. The maximum Gasteiger partial charge on any atom is 0.242 e. The molecule has 0 saturated carbocycles. The molecule has 2 aliphatic rings. The number of carbonyl (C=O) groups is 1. The van der Waals surface area contributed by atoms with Crippen molar-refractivity contribution in [3.63, 3.8) is 0 Å². The van der Waals surface area contributed by atoms with Gasteiger partial charge < -0.3 is 10.2 Å². The first kappa shape index (κ1) is 9.97. The van der Waals surface area contributed by atoms with Crippen LogP contribution in [0, 0.1) is 5.41 Å². The minimum Gasteiger partial charge on any atom is -0.341 e. The van der Waals surface area contributed by atoms with Gasteiger partial charge in [0.1, 0.15) is 0 Å². The molecule has 0 radical (unpaired) electrons. The predicted octanol–water partition coefficient (Wildman–Crippen LogP) is 0.997. The predicted molar refractivity (Wildman–Crippen MR) is 56.0 cm³/mol. The monoisotopic (exact) mass is 196 g/mol. The van der Waals surface area contributed by atoms with Crippen molar-refractivity contribution in [2.24, 2.45) is 5.41 Å². The van der Waals surface area contributed by atoms with Crippen LogP contribution in [-0.4, -0.2) is 36.0 Å². The first-order chi connectivity index (χ1) is 6.43. The normalized spacial score (nSPS) is 35.5. The van der Waals surface area contributed by atoms with E-state index in [1.165, 1.54) is 0 Å². The van der Waals surface area contributed by atoms with Crippen molar-refractivity contribution < 1.29 is 4.79 Å². The van der Waals surface area contributed by atoms with Crippen LogP contribution in [0.25, 0.3) is 0 Å². The standard InChI is InChI=1S/C11H20N2O/c1-10(2)5-7-13(8-10)9(14)11(3)4-6-12-11/h12H,4-8H2,1-3H3. The lowest BCUT2D eigenvalue weighted by molar-refractivity contribution is -0.139. The molecule has 3 heteroatoms. The summed E-state index contributed by atoms with van der Waals surface area (Å²) in [5, 5.41) is 3.23. The van der Waals surface area contributed by atoms with Crippen LogP contribution in [-0.2, 0) is 4.79 Å². The molecule has 0 aromatic carbocycles. The summed E-state index contributed by atoms with van der Waals surface area (Å²) in [5.74, 6) is 0.300. The zero-order valence-electron chi connectivity index (χ0n) is 9.39. The van der Waals surface area contributed by atoms with Gasteiger partial charge in [0.25, 0.3) is 0 Å². The van der Waals surface area contributed by atoms with E-state index in [-0.39, 0.29) is 5.54 Å². The van der Waals surface area contributed by atoms with Crippen LogP contribution >= 0.6 is 0 Å². The van der Waals surface area contributed by atoms with Crippen LogP contribution in [0.2, 0.25) is 0 Å². The van der Waals surface area contributed by atoms with Crippen LogP contribution in [0.15, 0.2) is 0 Å². The summed E-state index contributed by atoms with van der Waals surface area (Å²) < 4.78 is 0. The fourth-order valence-electron chi connectivity index (χ4n) is 2.32.